The van der Waals surface area contributed by atoms with Gasteiger partial charge in [0.1, 0.15) is 0 Å². The molecule has 2 nitrogen and oxygen atoms in total. The fourth-order valence-corrected chi connectivity index (χ4v) is 4.62. The maximum Gasteiger partial charge on any atom is 0.0893 e. The van der Waals surface area contributed by atoms with Gasteiger partial charge >= 0.3 is 0 Å². The van der Waals surface area contributed by atoms with Crippen LogP contribution in [0.5, 0.6) is 0 Å². The van der Waals surface area contributed by atoms with Crippen LogP contribution in [0.25, 0.3) is 22.6 Å². The molecule has 0 unspecified atom stereocenters. The number of pyridine rings is 2. The van der Waals surface area contributed by atoms with Gasteiger partial charge in [-0.3, -0.25) is 4.98 Å². The minimum Gasteiger partial charge on any atom is -0.255 e. The molecule has 0 N–H and O–H groups in total. The highest BCUT2D eigenvalue weighted by atomic mass is 28.3. The summed E-state index contributed by atoms with van der Waals surface area (Å²) in [6.45, 7) is 9.34. The minimum atomic E-state index is -1.37. The van der Waals surface area contributed by atoms with Gasteiger partial charge < -0.3 is 0 Å². The number of hydrogen-bond acceptors (Lipinski definition) is 2. The van der Waals surface area contributed by atoms with Crippen LogP contribution in [0.2, 0.25) is 19.6 Å². The van der Waals surface area contributed by atoms with Crippen LogP contribution >= 0.6 is 0 Å². The van der Waals surface area contributed by atoms with Crippen molar-refractivity contribution in [1.29, 1.82) is 0 Å². The van der Waals surface area contributed by atoms with Gasteiger partial charge in [-0.2, -0.15) is 0 Å². The highest BCUT2D eigenvalue weighted by Crippen LogP contribution is 2.22. The molecule has 3 aromatic rings. The van der Waals surface area contributed by atoms with Crippen molar-refractivity contribution < 1.29 is 0 Å². The van der Waals surface area contributed by atoms with Gasteiger partial charge in [-0.05, 0) is 35.4 Å². The Kier molecular flexibility index (Phi) is 4.63. The van der Waals surface area contributed by atoms with Crippen molar-refractivity contribution in [2.45, 2.75) is 33.0 Å². The van der Waals surface area contributed by atoms with Gasteiger partial charge in [-0.1, -0.05) is 63.0 Å². The Morgan fingerprint density at radius 3 is 2.21 bits per heavy atom. The lowest BCUT2D eigenvalue weighted by atomic mass is 10.1. The largest absolute Gasteiger partial charge is 0.255 e. The lowest BCUT2D eigenvalue weighted by Crippen LogP contribution is -2.40. The average molecular weight is 333 g/mol. The van der Waals surface area contributed by atoms with Crippen LogP contribution in [-0.4, -0.2) is 18.0 Å². The van der Waals surface area contributed by atoms with E-state index in [4.69, 9.17) is 9.97 Å². The third kappa shape index (κ3) is 3.46. The standard InChI is InChI=1S/C21H24N2Si/c1-5-16-14-20(22-15-21(16)24(2,3)4)19-13-9-12-18(23-19)17-10-7-6-8-11-17/h6-15H,5H2,1-4H3. The lowest BCUT2D eigenvalue weighted by molar-refractivity contribution is 1.13. The summed E-state index contributed by atoms with van der Waals surface area (Å²) in [5.74, 6) is 0. The zero-order valence-electron chi connectivity index (χ0n) is 14.9. The molecule has 1 aromatic carbocycles. The maximum absolute atomic E-state index is 4.83. The summed E-state index contributed by atoms with van der Waals surface area (Å²) in [4.78, 5) is 9.56. The molecule has 0 saturated carbocycles. The molecule has 0 aliphatic heterocycles. The normalized spacial score (nSPS) is 11.5. The number of rotatable bonds is 4. The summed E-state index contributed by atoms with van der Waals surface area (Å²) in [6, 6.07) is 18.7. The Labute approximate surface area is 145 Å². The smallest absolute Gasteiger partial charge is 0.0893 e. The van der Waals surface area contributed by atoms with Crippen LogP contribution in [0, 0.1) is 0 Å². The van der Waals surface area contributed by atoms with E-state index in [1.165, 1.54) is 10.8 Å². The summed E-state index contributed by atoms with van der Waals surface area (Å²) in [7, 11) is -1.37. The molecule has 0 amide bonds. The molecule has 24 heavy (non-hydrogen) atoms. The summed E-state index contributed by atoms with van der Waals surface area (Å²) >= 11 is 0. The van der Waals surface area contributed by atoms with Crippen LogP contribution < -0.4 is 5.19 Å². The second-order valence-corrected chi connectivity index (χ2v) is 12.1. The second kappa shape index (κ2) is 6.69. The van der Waals surface area contributed by atoms with E-state index in [1.807, 2.05) is 24.3 Å². The van der Waals surface area contributed by atoms with Gasteiger partial charge in [-0.15, -0.1) is 0 Å². The first-order valence-corrected chi connectivity index (χ1v) is 12.0. The Balaban J connectivity index is 2.04. The molecule has 2 heterocycles. The first kappa shape index (κ1) is 16.6. The van der Waals surface area contributed by atoms with E-state index in [0.29, 0.717) is 0 Å². The predicted octanol–water partition coefficient (Wildman–Crippen LogP) is 4.92. The van der Waals surface area contributed by atoms with Gasteiger partial charge in [0.2, 0.25) is 0 Å². The Morgan fingerprint density at radius 1 is 0.833 bits per heavy atom. The molecule has 122 valence electrons. The molecule has 0 aliphatic carbocycles. The Hall–Kier alpha value is -2.26. The summed E-state index contributed by atoms with van der Waals surface area (Å²) in [5.41, 5.74) is 5.43. The number of nitrogens with zero attached hydrogens (tertiary/aromatic N) is 2. The molecule has 3 rings (SSSR count). The molecule has 2 aromatic heterocycles. The van der Waals surface area contributed by atoms with Crippen molar-refractivity contribution in [3.05, 3.63) is 66.4 Å². The third-order valence-electron chi connectivity index (χ3n) is 4.26. The zero-order chi connectivity index (χ0) is 17.2. The quantitative estimate of drug-likeness (QED) is 0.634. The molecule has 0 aliphatic rings. The van der Waals surface area contributed by atoms with Crippen LogP contribution in [0.15, 0.2) is 60.8 Å². The van der Waals surface area contributed by atoms with Crippen LogP contribution in [0.3, 0.4) is 0 Å². The molecular formula is C21H24N2Si. The van der Waals surface area contributed by atoms with Crippen molar-refractivity contribution in [3.63, 3.8) is 0 Å². The van der Waals surface area contributed by atoms with E-state index in [9.17, 15) is 0 Å². The number of aromatic nitrogens is 2. The number of aryl methyl sites for hydroxylation is 1. The van der Waals surface area contributed by atoms with E-state index in [0.717, 1.165) is 29.1 Å². The van der Waals surface area contributed by atoms with Crippen molar-refractivity contribution in [3.8, 4) is 22.6 Å². The van der Waals surface area contributed by atoms with Gasteiger partial charge in [0, 0.05) is 11.8 Å². The van der Waals surface area contributed by atoms with E-state index in [-0.39, 0.29) is 0 Å². The Morgan fingerprint density at radius 2 is 1.54 bits per heavy atom. The second-order valence-electron chi connectivity index (χ2n) is 7.10. The molecule has 3 heteroatoms. The van der Waals surface area contributed by atoms with E-state index >= 15 is 0 Å². The Bertz CT molecular complexity index is 836. The van der Waals surface area contributed by atoms with Gasteiger partial charge in [0.05, 0.1) is 25.2 Å². The van der Waals surface area contributed by atoms with Gasteiger partial charge in [0.25, 0.3) is 0 Å². The van der Waals surface area contributed by atoms with E-state index in [2.05, 4.69) is 63.1 Å². The first-order chi connectivity index (χ1) is 11.5. The fraction of sp³-hybridized carbons (Fsp3) is 0.238. The lowest BCUT2D eigenvalue weighted by Gasteiger charge is -2.20. The monoisotopic (exact) mass is 332 g/mol. The highest BCUT2D eigenvalue weighted by molar-refractivity contribution is 6.89. The number of benzene rings is 1. The maximum atomic E-state index is 4.83. The van der Waals surface area contributed by atoms with Crippen LogP contribution in [-0.2, 0) is 6.42 Å². The molecule has 0 bridgehead atoms. The van der Waals surface area contributed by atoms with E-state index < -0.39 is 8.07 Å². The van der Waals surface area contributed by atoms with Crippen LogP contribution in [0.1, 0.15) is 12.5 Å². The summed E-state index contributed by atoms with van der Waals surface area (Å²) < 4.78 is 0. The SMILES string of the molecule is CCc1cc(-c2cccc(-c3ccccc3)n2)ncc1[Si](C)(C)C. The summed E-state index contributed by atoms with van der Waals surface area (Å²) in [5, 5.41) is 1.45. The molecule has 0 atom stereocenters. The minimum absolute atomic E-state index is 0.938. The van der Waals surface area contributed by atoms with Gasteiger partial charge in [0.15, 0.2) is 0 Å². The summed E-state index contributed by atoms with van der Waals surface area (Å²) in [6.07, 6.45) is 3.12. The average Bonchev–Trinajstić information content (AvgIpc) is 2.61. The fourth-order valence-electron chi connectivity index (χ4n) is 2.95. The van der Waals surface area contributed by atoms with Crippen molar-refractivity contribution in [2.24, 2.45) is 0 Å². The van der Waals surface area contributed by atoms with Crippen molar-refractivity contribution >= 4 is 13.3 Å². The van der Waals surface area contributed by atoms with Gasteiger partial charge in [-0.25, -0.2) is 4.98 Å². The molecule has 0 spiro atoms. The molecule has 0 radical (unpaired) electrons. The van der Waals surface area contributed by atoms with E-state index in [1.54, 1.807) is 0 Å². The van der Waals surface area contributed by atoms with Crippen molar-refractivity contribution in [1.82, 2.24) is 9.97 Å². The topological polar surface area (TPSA) is 25.8 Å². The number of hydrogen-bond donors (Lipinski definition) is 0. The molecule has 0 saturated heterocycles. The molecular weight excluding hydrogens is 308 g/mol. The first-order valence-electron chi connectivity index (χ1n) is 8.51. The highest BCUT2D eigenvalue weighted by Gasteiger charge is 2.20. The van der Waals surface area contributed by atoms with Crippen molar-refractivity contribution in [2.75, 3.05) is 0 Å². The third-order valence-corrected chi connectivity index (χ3v) is 6.33. The van der Waals surface area contributed by atoms with Crippen LogP contribution in [0.4, 0.5) is 0 Å². The zero-order valence-corrected chi connectivity index (χ0v) is 15.9. The predicted molar refractivity (Wildman–Crippen MR) is 105 cm³/mol. The molecule has 0 fully saturated rings.